The zero-order chi connectivity index (χ0) is 13.9. The third-order valence-corrected chi connectivity index (χ3v) is 3.17. The Labute approximate surface area is 113 Å². The first kappa shape index (κ1) is 14.5. The van der Waals surface area contributed by atoms with Gasteiger partial charge in [-0.05, 0) is 19.9 Å². The minimum atomic E-state index is -1.01. The van der Waals surface area contributed by atoms with Crippen LogP contribution in [0.3, 0.4) is 0 Å². The number of ketones is 1. The molecule has 1 rings (SSSR count). The van der Waals surface area contributed by atoms with Crippen molar-refractivity contribution in [3.63, 3.8) is 0 Å². The number of phenols is 1. The molecule has 0 radical (unpaired) electrons. The number of hydrogen-bond acceptors (Lipinski definition) is 5. The zero-order valence-electron chi connectivity index (χ0n) is 10.2. The van der Waals surface area contributed by atoms with E-state index < -0.39 is 11.8 Å². The molecule has 0 saturated heterocycles. The molecule has 6 heteroatoms. The third-order valence-electron chi connectivity index (χ3n) is 2.35. The van der Waals surface area contributed by atoms with Crippen LogP contribution in [0.15, 0.2) is 10.5 Å². The first-order chi connectivity index (χ1) is 8.43. The standard InChI is InChI=1S/C12H13BrO5/c1-4-18-12(16)10(15)7-5-8(13)6(2)11(17-3)9(7)14/h5,14H,4H2,1-3H3. The van der Waals surface area contributed by atoms with Crippen molar-refractivity contribution >= 4 is 27.7 Å². The third kappa shape index (κ3) is 2.64. The summed E-state index contributed by atoms with van der Waals surface area (Å²) < 4.78 is 10.2. The van der Waals surface area contributed by atoms with Crippen LogP contribution in [0, 0.1) is 6.92 Å². The number of hydrogen-bond donors (Lipinski definition) is 1. The summed E-state index contributed by atoms with van der Waals surface area (Å²) in [5.74, 6) is -2.13. The van der Waals surface area contributed by atoms with Gasteiger partial charge in [0, 0.05) is 10.0 Å². The summed E-state index contributed by atoms with van der Waals surface area (Å²) in [6.45, 7) is 3.40. The molecule has 0 aliphatic carbocycles. The smallest absolute Gasteiger partial charge is 0.379 e. The summed E-state index contributed by atoms with van der Waals surface area (Å²) in [5.41, 5.74) is 0.484. The van der Waals surface area contributed by atoms with Gasteiger partial charge in [0.15, 0.2) is 11.5 Å². The van der Waals surface area contributed by atoms with Crippen molar-refractivity contribution < 1.29 is 24.2 Å². The van der Waals surface area contributed by atoms with Gasteiger partial charge in [-0.2, -0.15) is 0 Å². The predicted molar refractivity (Wildman–Crippen MR) is 68.1 cm³/mol. The lowest BCUT2D eigenvalue weighted by Gasteiger charge is -2.12. The Kier molecular flexibility index (Phi) is 4.72. The van der Waals surface area contributed by atoms with Crippen molar-refractivity contribution in [1.82, 2.24) is 0 Å². The van der Waals surface area contributed by atoms with Gasteiger partial charge in [0.2, 0.25) is 0 Å². The lowest BCUT2D eigenvalue weighted by molar-refractivity contribution is -0.137. The second-order valence-corrected chi connectivity index (χ2v) is 4.32. The molecule has 18 heavy (non-hydrogen) atoms. The fourth-order valence-corrected chi connectivity index (χ4v) is 1.85. The number of carbonyl (C=O) groups is 2. The molecule has 0 saturated carbocycles. The molecule has 0 amide bonds. The molecule has 0 fully saturated rings. The number of carbonyl (C=O) groups excluding carboxylic acids is 2. The number of methoxy groups -OCH3 is 1. The normalized spacial score (nSPS) is 10.0. The molecule has 1 aromatic rings. The highest BCUT2D eigenvalue weighted by atomic mass is 79.9. The summed E-state index contributed by atoms with van der Waals surface area (Å²) in [6.07, 6.45) is 0. The van der Waals surface area contributed by atoms with Crippen molar-refractivity contribution in [3.8, 4) is 11.5 Å². The molecular weight excluding hydrogens is 304 g/mol. The van der Waals surface area contributed by atoms with Gasteiger partial charge in [-0.15, -0.1) is 0 Å². The van der Waals surface area contributed by atoms with Gasteiger partial charge in [0.1, 0.15) is 0 Å². The number of benzene rings is 1. The maximum atomic E-state index is 11.8. The molecule has 5 nitrogen and oxygen atoms in total. The van der Waals surface area contributed by atoms with E-state index in [-0.39, 0.29) is 23.7 Å². The Balaban J connectivity index is 3.30. The molecule has 0 aromatic heterocycles. The van der Waals surface area contributed by atoms with Gasteiger partial charge in [0.25, 0.3) is 5.78 Å². The van der Waals surface area contributed by atoms with Crippen molar-refractivity contribution in [2.75, 3.05) is 13.7 Å². The molecule has 1 N–H and O–H groups in total. The average molecular weight is 317 g/mol. The largest absolute Gasteiger partial charge is 0.504 e. The van der Waals surface area contributed by atoms with E-state index in [0.29, 0.717) is 10.0 Å². The lowest BCUT2D eigenvalue weighted by Crippen LogP contribution is -2.18. The first-order valence-corrected chi connectivity index (χ1v) is 6.00. The van der Waals surface area contributed by atoms with Crippen LogP contribution < -0.4 is 4.74 Å². The van der Waals surface area contributed by atoms with Crippen molar-refractivity contribution in [2.24, 2.45) is 0 Å². The molecule has 0 spiro atoms. The van der Waals surface area contributed by atoms with E-state index in [2.05, 4.69) is 20.7 Å². The minimum absolute atomic E-state index is 0.0928. The molecule has 1 aromatic carbocycles. The Morgan fingerprint density at radius 3 is 2.56 bits per heavy atom. The molecule has 0 aliphatic heterocycles. The van der Waals surface area contributed by atoms with Crippen molar-refractivity contribution in [3.05, 3.63) is 21.7 Å². The number of ether oxygens (including phenoxy) is 2. The van der Waals surface area contributed by atoms with Crippen LogP contribution in [-0.4, -0.2) is 30.6 Å². The Morgan fingerprint density at radius 1 is 1.44 bits per heavy atom. The molecule has 0 atom stereocenters. The van der Waals surface area contributed by atoms with E-state index in [9.17, 15) is 14.7 Å². The second kappa shape index (κ2) is 5.86. The Bertz CT molecular complexity index is 496. The number of phenolic OH excluding ortho intramolecular Hbond substituents is 1. The van der Waals surface area contributed by atoms with Crippen LogP contribution in [0.4, 0.5) is 0 Å². The highest BCUT2D eigenvalue weighted by Crippen LogP contribution is 2.38. The van der Waals surface area contributed by atoms with Crippen molar-refractivity contribution in [2.45, 2.75) is 13.8 Å². The van der Waals surface area contributed by atoms with E-state index in [0.717, 1.165) is 0 Å². The number of esters is 1. The number of rotatable bonds is 4. The summed E-state index contributed by atoms with van der Waals surface area (Å²) >= 11 is 3.23. The van der Waals surface area contributed by atoms with Crippen LogP contribution in [0.25, 0.3) is 0 Å². The number of aromatic hydroxyl groups is 1. The van der Waals surface area contributed by atoms with E-state index >= 15 is 0 Å². The lowest BCUT2D eigenvalue weighted by atomic mass is 10.1. The molecule has 0 unspecified atom stereocenters. The maximum Gasteiger partial charge on any atom is 0.379 e. The zero-order valence-corrected chi connectivity index (χ0v) is 11.8. The molecule has 0 aliphatic rings. The monoisotopic (exact) mass is 316 g/mol. The Hall–Kier alpha value is -1.56. The minimum Gasteiger partial charge on any atom is -0.504 e. The number of Topliss-reactive ketones (excluding diaryl/α,β-unsaturated/α-hetero) is 1. The fraction of sp³-hybridized carbons (Fsp3) is 0.333. The summed E-state index contributed by atoms with van der Waals surface area (Å²) in [4.78, 5) is 23.1. The first-order valence-electron chi connectivity index (χ1n) is 5.21. The van der Waals surface area contributed by atoms with Crippen LogP contribution in [0.1, 0.15) is 22.8 Å². The summed E-state index contributed by atoms with van der Waals surface area (Å²) in [6, 6.07) is 1.37. The average Bonchev–Trinajstić information content (AvgIpc) is 2.34. The molecule has 0 bridgehead atoms. The summed E-state index contributed by atoms with van der Waals surface area (Å²) in [5, 5.41) is 9.91. The maximum absolute atomic E-state index is 11.8. The van der Waals surface area contributed by atoms with E-state index in [4.69, 9.17) is 4.74 Å². The van der Waals surface area contributed by atoms with Gasteiger partial charge in [-0.25, -0.2) is 4.79 Å². The SMILES string of the molecule is CCOC(=O)C(=O)c1cc(Br)c(C)c(OC)c1O. The predicted octanol–water partition coefficient (Wildman–Crippen LogP) is 2.22. The number of halogens is 1. The van der Waals surface area contributed by atoms with Gasteiger partial charge in [-0.3, -0.25) is 4.79 Å². The van der Waals surface area contributed by atoms with Crippen LogP contribution in [0.2, 0.25) is 0 Å². The highest BCUT2D eigenvalue weighted by molar-refractivity contribution is 9.10. The molecule has 0 heterocycles. The second-order valence-electron chi connectivity index (χ2n) is 3.46. The van der Waals surface area contributed by atoms with Crippen LogP contribution >= 0.6 is 15.9 Å². The van der Waals surface area contributed by atoms with Gasteiger partial charge in [0.05, 0.1) is 19.3 Å². The van der Waals surface area contributed by atoms with E-state index in [1.54, 1.807) is 13.8 Å². The van der Waals surface area contributed by atoms with Crippen LogP contribution in [-0.2, 0) is 9.53 Å². The van der Waals surface area contributed by atoms with Crippen molar-refractivity contribution in [1.29, 1.82) is 0 Å². The molecular formula is C12H13BrO5. The van der Waals surface area contributed by atoms with E-state index in [1.165, 1.54) is 13.2 Å². The van der Waals surface area contributed by atoms with Gasteiger partial charge in [-0.1, -0.05) is 15.9 Å². The van der Waals surface area contributed by atoms with Gasteiger partial charge < -0.3 is 14.6 Å². The topological polar surface area (TPSA) is 72.8 Å². The highest BCUT2D eigenvalue weighted by Gasteiger charge is 2.25. The Morgan fingerprint density at radius 2 is 2.06 bits per heavy atom. The molecule has 98 valence electrons. The van der Waals surface area contributed by atoms with Crippen LogP contribution in [0.5, 0.6) is 11.5 Å². The summed E-state index contributed by atoms with van der Waals surface area (Å²) in [7, 11) is 1.37. The van der Waals surface area contributed by atoms with Gasteiger partial charge >= 0.3 is 5.97 Å². The quantitative estimate of drug-likeness (QED) is 0.524. The fourth-order valence-electron chi connectivity index (χ4n) is 1.44. The van der Waals surface area contributed by atoms with E-state index in [1.807, 2.05) is 0 Å².